The molecule has 0 fully saturated rings. The molecule has 2 aromatic rings. The van der Waals surface area contributed by atoms with Crippen molar-refractivity contribution in [3.8, 4) is 0 Å². The number of rotatable bonds is 7. The first-order valence-electron chi connectivity index (χ1n) is 9.16. The van der Waals surface area contributed by atoms with Crippen LogP contribution in [0.15, 0.2) is 23.1 Å². The number of Topliss-reactive ketones (excluding diaryl/α,β-unsaturated/α-hetero) is 1. The summed E-state index contributed by atoms with van der Waals surface area (Å²) in [6, 6.07) is 4.67. The van der Waals surface area contributed by atoms with Gasteiger partial charge in [-0.3, -0.25) is 9.59 Å². The zero-order chi connectivity index (χ0) is 21.2. The Balaban J connectivity index is 2.41. The lowest BCUT2D eigenvalue weighted by atomic mass is 10.1. The molecule has 0 bridgehead atoms. The third kappa shape index (κ3) is 4.02. The second-order valence-corrected chi connectivity index (χ2v) is 8.64. The van der Waals surface area contributed by atoms with Crippen LogP contribution in [0.1, 0.15) is 58.4 Å². The van der Waals surface area contributed by atoms with Crippen molar-refractivity contribution < 1.29 is 18.0 Å². The number of aromatic nitrogens is 1. The van der Waals surface area contributed by atoms with E-state index in [1.807, 2.05) is 0 Å². The highest BCUT2D eigenvalue weighted by Crippen LogP contribution is 2.25. The average molecular weight is 406 g/mol. The number of amides is 1. The molecule has 0 radical (unpaired) electrons. The molecule has 1 amide bonds. The van der Waals surface area contributed by atoms with Gasteiger partial charge in [0, 0.05) is 30.0 Å². The molecule has 0 saturated heterocycles. The summed E-state index contributed by atoms with van der Waals surface area (Å²) in [5, 5.41) is 2.77. The molecule has 1 aromatic heterocycles. The van der Waals surface area contributed by atoms with E-state index >= 15 is 0 Å². The Kier molecular flexibility index (Phi) is 6.46. The maximum atomic E-state index is 12.8. The first-order chi connectivity index (χ1) is 13.0. The lowest BCUT2D eigenvalue weighted by molar-refractivity contribution is 0.101. The summed E-state index contributed by atoms with van der Waals surface area (Å²) < 4.78 is 26.9. The second kappa shape index (κ2) is 8.28. The smallest absolute Gasteiger partial charge is 0.272 e. The van der Waals surface area contributed by atoms with Gasteiger partial charge >= 0.3 is 0 Å². The molecule has 8 heteroatoms. The van der Waals surface area contributed by atoms with Crippen LogP contribution in [0.5, 0.6) is 0 Å². The second-order valence-electron chi connectivity index (χ2n) is 6.70. The monoisotopic (exact) mass is 405 g/mol. The molecule has 0 aliphatic rings. The SMILES string of the molecule is CCN(CC)S(=O)(=O)c1ccc(C)c(NC(=O)c2[nH]c(C)c(C(C)=O)c2C)c1. The minimum atomic E-state index is -3.63. The number of nitrogens with one attached hydrogen (secondary N) is 2. The molecule has 1 heterocycles. The summed E-state index contributed by atoms with van der Waals surface area (Å²) in [4.78, 5) is 27.6. The Hall–Kier alpha value is -2.45. The number of carbonyl (C=O) groups excluding carboxylic acids is 2. The van der Waals surface area contributed by atoms with E-state index in [2.05, 4.69) is 10.3 Å². The van der Waals surface area contributed by atoms with Crippen molar-refractivity contribution in [2.75, 3.05) is 18.4 Å². The van der Waals surface area contributed by atoms with Crippen molar-refractivity contribution in [2.45, 2.75) is 46.4 Å². The van der Waals surface area contributed by atoms with Gasteiger partial charge in [0.05, 0.1) is 4.90 Å². The summed E-state index contributed by atoms with van der Waals surface area (Å²) >= 11 is 0. The highest BCUT2D eigenvalue weighted by atomic mass is 32.2. The number of aryl methyl sites for hydroxylation is 2. The molecule has 2 rings (SSSR count). The zero-order valence-corrected chi connectivity index (χ0v) is 18.0. The molecule has 1 aromatic carbocycles. The van der Waals surface area contributed by atoms with Gasteiger partial charge in [-0.2, -0.15) is 4.31 Å². The minimum absolute atomic E-state index is 0.117. The van der Waals surface area contributed by atoms with Gasteiger partial charge in [-0.15, -0.1) is 0 Å². The van der Waals surface area contributed by atoms with Crippen molar-refractivity contribution in [1.82, 2.24) is 9.29 Å². The number of nitrogens with zero attached hydrogens (tertiary/aromatic N) is 1. The normalized spacial score (nSPS) is 11.7. The fourth-order valence-corrected chi connectivity index (χ4v) is 4.78. The van der Waals surface area contributed by atoms with Gasteiger partial charge < -0.3 is 10.3 Å². The number of ketones is 1. The van der Waals surface area contributed by atoms with E-state index in [4.69, 9.17) is 0 Å². The maximum Gasteiger partial charge on any atom is 0.272 e. The minimum Gasteiger partial charge on any atom is -0.354 e. The van der Waals surface area contributed by atoms with E-state index in [9.17, 15) is 18.0 Å². The highest BCUT2D eigenvalue weighted by molar-refractivity contribution is 7.89. The molecule has 0 unspecified atom stereocenters. The molecule has 152 valence electrons. The standard InChI is InChI=1S/C20H27N3O4S/c1-7-23(8-2)28(26,27)16-10-9-12(3)17(11-16)22-20(25)19-13(4)18(15(6)24)14(5)21-19/h9-11,21H,7-8H2,1-6H3,(H,22,25). The number of sulfonamides is 1. The third-order valence-corrected chi connectivity index (χ3v) is 6.86. The van der Waals surface area contributed by atoms with Crippen LogP contribution in [0.2, 0.25) is 0 Å². The number of carbonyl (C=O) groups is 2. The molecule has 0 aliphatic carbocycles. The molecule has 0 saturated carbocycles. The summed E-state index contributed by atoms with van der Waals surface area (Å²) in [7, 11) is -3.63. The van der Waals surface area contributed by atoms with Crippen molar-refractivity contribution in [3.63, 3.8) is 0 Å². The van der Waals surface area contributed by atoms with Gasteiger partial charge in [-0.1, -0.05) is 19.9 Å². The van der Waals surface area contributed by atoms with Gasteiger partial charge in [0.15, 0.2) is 5.78 Å². The van der Waals surface area contributed by atoms with E-state index in [0.29, 0.717) is 41.3 Å². The molecule has 0 atom stereocenters. The maximum absolute atomic E-state index is 12.8. The summed E-state index contributed by atoms with van der Waals surface area (Å²) in [5.41, 5.74) is 3.14. The van der Waals surface area contributed by atoms with Crippen LogP contribution in [-0.4, -0.2) is 42.5 Å². The van der Waals surface area contributed by atoms with Crippen LogP contribution >= 0.6 is 0 Å². The molecule has 7 nitrogen and oxygen atoms in total. The van der Waals surface area contributed by atoms with Gasteiger partial charge in [0.25, 0.3) is 5.91 Å². The average Bonchev–Trinajstić information content (AvgIpc) is 2.92. The fourth-order valence-electron chi connectivity index (χ4n) is 3.30. The summed E-state index contributed by atoms with van der Waals surface area (Å²) in [6.07, 6.45) is 0. The predicted octanol–water partition coefficient (Wildman–Crippen LogP) is 3.43. The first kappa shape index (κ1) is 21.8. The van der Waals surface area contributed by atoms with Crippen molar-refractivity contribution in [1.29, 1.82) is 0 Å². The van der Waals surface area contributed by atoms with Crippen LogP contribution in [-0.2, 0) is 10.0 Å². The summed E-state index contributed by atoms with van der Waals surface area (Å²) in [5.74, 6) is -0.539. The highest BCUT2D eigenvalue weighted by Gasteiger charge is 2.24. The molecule has 2 N–H and O–H groups in total. The topological polar surface area (TPSA) is 99.3 Å². The third-order valence-electron chi connectivity index (χ3n) is 4.82. The van der Waals surface area contributed by atoms with E-state index in [1.54, 1.807) is 40.7 Å². The Labute approximate surface area is 166 Å². The first-order valence-corrected chi connectivity index (χ1v) is 10.6. The molecular formula is C20H27N3O4S. The van der Waals surface area contributed by atoms with E-state index in [1.165, 1.54) is 23.4 Å². The van der Waals surface area contributed by atoms with Gasteiger partial charge in [-0.25, -0.2) is 8.42 Å². The van der Waals surface area contributed by atoms with Gasteiger partial charge in [0.2, 0.25) is 10.0 Å². The van der Waals surface area contributed by atoms with Crippen LogP contribution in [0, 0.1) is 20.8 Å². The van der Waals surface area contributed by atoms with Crippen LogP contribution < -0.4 is 5.32 Å². The Morgan fingerprint density at radius 3 is 2.21 bits per heavy atom. The lowest BCUT2D eigenvalue weighted by Crippen LogP contribution is -2.30. The predicted molar refractivity (Wildman–Crippen MR) is 110 cm³/mol. The van der Waals surface area contributed by atoms with E-state index < -0.39 is 15.9 Å². The molecule has 0 spiro atoms. The van der Waals surface area contributed by atoms with Crippen molar-refractivity contribution in [2.24, 2.45) is 0 Å². The van der Waals surface area contributed by atoms with E-state index in [0.717, 1.165) is 5.56 Å². The number of anilines is 1. The molecule has 0 aliphatic heterocycles. The number of benzene rings is 1. The molecular weight excluding hydrogens is 378 g/mol. The quantitative estimate of drug-likeness (QED) is 0.689. The molecule has 28 heavy (non-hydrogen) atoms. The Morgan fingerprint density at radius 1 is 1.11 bits per heavy atom. The Morgan fingerprint density at radius 2 is 1.71 bits per heavy atom. The van der Waals surface area contributed by atoms with E-state index in [-0.39, 0.29) is 10.7 Å². The zero-order valence-electron chi connectivity index (χ0n) is 17.1. The Bertz CT molecular complexity index is 1020. The lowest BCUT2D eigenvalue weighted by Gasteiger charge is -2.19. The van der Waals surface area contributed by atoms with Gasteiger partial charge in [-0.05, 0) is 51.0 Å². The van der Waals surface area contributed by atoms with Crippen molar-refractivity contribution >= 4 is 27.4 Å². The largest absolute Gasteiger partial charge is 0.354 e. The fraction of sp³-hybridized carbons (Fsp3) is 0.400. The number of hydrogen-bond donors (Lipinski definition) is 2. The number of aromatic amines is 1. The number of H-pyrrole nitrogens is 1. The van der Waals surface area contributed by atoms with Crippen LogP contribution in [0.4, 0.5) is 5.69 Å². The summed E-state index contributed by atoms with van der Waals surface area (Å²) in [6.45, 7) is 11.0. The van der Waals surface area contributed by atoms with Crippen molar-refractivity contribution in [3.05, 3.63) is 46.3 Å². The number of hydrogen-bond acceptors (Lipinski definition) is 4. The van der Waals surface area contributed by atoms with Crippen LogP contribution in [0.3, 0.4) is 0 Å². The van der Waals surface area contributed by atoms with Gasteiger partial charge in [0.1, 0.15) is 5.69 Å². The van der Waals surface area contributed by atoms with Crippen LogP contribution in [0.25, 0.3) is 0 Å².